The van der Waals surface area contributed by atoms with Gasteiger partial charge in [0.15, 0.2) is 0 Å². The number of likely N-dealkylation sites (tertiary alicyclic amines) is 1. The molecule has 2 aliphatic rings. The number of alkyl halides is 4. The lowest BCUT2D eigenvalue weighted by Gasteiger charge is -2.40. The van der Waals surface area contributed by atoms with E-state index in [2.05, 4.69) is 27.1 Å². The van der Waals surface area contributed by atoms with E-state index in [0.717, 1.165) is 42.7 Å². The molecule has 3 atom stereocenters. The lowest BCUT2D eigenvalue weighted by atomic mass is 9.90. The second kappa shape index (κ2) is 9.87. The number of nitrogens with zero attached hydrogens (tertiary/aromatic N) is 3. The Morgan fingerprint density at radius 2 is 2.03 bits per heavy atom. The van der Waals surface area contributed by atoms with E-state index in [1.54, 1.807) is 25.3 Å². The summed E-state index contributed by atoms with van der Waals surface area (Å²) in [4.78, 5) is 11.5. The second-order valence-electron chi connectivity index (χ2n) is 10.7. The highest BCUT2D eigenvalue weighted by molar-refractivity contribution is 5.85. The van der Waals surface area contributed by atoms with Gasteiger partial charge in [-0.1, -0.05) is 0 Å². The Hall–Kier alpha value is -2.72. The Labute approximate surface area is 213 Å². The molecule has 3 aromatic rings. The molecule has 0 aliphatic carbocycles. The molecule has 37 heavy (non-hydrogen) atoms. The van der Waals surface area contributed by atoms with Gasteiger partial charge in [-0.2, -0.15) is 13.2 Å². The van der Waals surface area contributed by atoms with Crippen LogP contribution in [0.3, 0.4) is 0 Å². The van der Waals surface area contributed by atoms with Crippen molar-refractivity contribution in [1.29, 1.82) is 0 Å². The zero-order valence-corrected chi connectivity index (χ0v) is 21.0. The average molecular weight is 522 g/mol. The van der Waals surface area contributed by atoms with Crippen LogP contribution in [0.15, 0.2) is 36.5 Å². The Morgan fingerprint density at radius 1 is 1.22 bits per heavy atom. The topological polar surface area (TPSA) is 47.2 Å². The van der Waals surface area contributed by atoms with E-state index in [9.17, 15) is 22.0 Å². The maximum Gasteiger partial charge on any atom is 0.401 e. The molecule has 2 aromatic heterocycles. The summed E-state index contributed by atoms with van der Waals surface area (Å²) in [5, 5.41) is 4.34. The van der Waals surface area contributed by atoms with Gasteiger partial charge in [-0.05, 0) is 69.0 Å². The molecule has 2 aliphatic heterocycles. The van der Waals surface area contributed by atoms with E-state index in [4.69, 9.17) is 0 Å². The number of nitrogens with one attached hydrogen (secondary N) is 2. The summed E-state index contributed by atoms with van der Waals surface area (Å²) >= 11 is 0. The number of halogens is 5. The minimum Gasteiger partial charge on any atom is -0.377 e. The van der Waals surface area contributed by atoms with Crippen LogP contribution in [0.1, 0.15) is 49.7 Å². The molecule has 4 heterocycles. The Balaban J connectivity index is 1.45. The molecule has 0 amide bonds. The first kappa shape index (κ1) is 25.9. The van der Waals surface area contributed by atoms with Gasteiger partial charge >= 0.3 is 6.18 Å². The van der Waals surface area contributed by atoms with Gasteiger partial charge in [0.05, 0.1) is 36.8 Å². The largest absolute Gasteiger partial charge is 0.401 e. The van der Waals surface area contributed by atoms with Crippen LogP contribution in [-0.4, -0.2) is 70.4 Å². The number of aromatic nitrogens is 2. The lowest BCUT2D eigenvalue weighted by Crippen LogP contribution is -2.47. The fourth-order valence-corrected chi connectivity index (χ4v) is 5.93. The first-order chi connectivity index (χ1) is 17.5. The van der Waals surface area contributed by atoms with Crippen LogP contribution >= 0.6 is 0 Å². The maximum atomic E-state index is 13.9. The number of rotatable bonds is 7. The Morgan fingerprint density at radius 3 is 2.73 bits per heavy atom. The highest BCUT2D eigenvalue weighted by Gasteiger charge is 2.42. The minimum atomic E-state index is -4.38. The lowest BCUT2D eigenvalue weighted by molar-refractivity contribution is -0.155. The van der Waals surface area contributed by atoms with E-state index < -0.39 is 30.6 Å². The number of pyridine rings is 1. The molecule has 200 valence electrons. The molecule has 1 fully saturated rings. The molecule has 1 saturated heterocycles. The van der Waals surface area contributed by atoms with Crippen LogP contribution in [0.25, 0.3) is 10.9 Å². The predicted molar refractivity (Wildman–Crippen MR) is 134 cm³/mol. The molecule has 5 nitrogen and oxygen atoms in total. The molecule has 2 N–H and O–H groups in total. The smallest absolute Gasteiger partial charge is 0.377 e. The van der Waals surface area contributed by atoms with Gasteiger partial charge in [0, 0.05) is 47.8 Å². The van der Waals surface area contributed by atoms with E-state index >= 15 is 0 Å². The summed E-state index contributed by atoms with van der Waals surface area (Å²) in [6, 6.07) is 6.91. The normalized spacial score (nSPS) is 25.1. The van der Waals surface area contributed by atoms with Crippen molar-refractivity contribution in [3.63, 3.8) is 0 Å². The third-order valence-electron chi connectivity index (χ3n) is 7.61. The summed E-state index contributed by atoms with van der Waals surface area (Å²) in [5.41, 5.74) is 3.18. The summed E-state index contributed by atoms with van der Waals surface area (Å²) < 4.78 is 67.3. The number of aromatic amines is 1. The van der Waals surface area contributed by atoms with Crippen LogP contribution in [0, 0.1) is 5.82 Å². The van der Waals surface area contributed by atoms with Crippen molar-refractivity contribution in [2.45, 2.75) is 56.9 Å². The van der Waals surface area contributed by atoms with Gasteiger partial charge in [-0.25, -0.2) is 4.39 Å². The van der Waals surface area contributed by atoms with E-state index in [0.29, 0.717) is 29.7 Å². The second-order valence-corrected chi connectivity index (χ2v) is 10.7. The van der Waals surface area contributed by atoms with Gasteiger partial charge in [-0.15, -0.1) is 0 Å². The van der Waals surface area contributed by atoms with Crippen LogP contribution in [0.5, 0.6) is 0 Å². The maximum absolute atomic E-state index is 13.9. The van der Waals surface area contributed by atoms with Crippen LogP contribution in [0.2, 0.25) is 0 Å². The van der Waals surface area contributed by atoms with Crippen molar-refractivity contribution in [3.8, 4) is 0 Å². The summed E-state index contributed by atoms with van der Waals surface area (Å²) in [5.74, 6) is -0.403. The van der Waals surface area contributed by atoms with E-state index in [1.165, 1.54) is 17.0 Å². The van der Waals surface area contributed by atoms with Gasteiger partial charge in [0.25, 0.3) is 0 Å². The van der Waals surface area contributed by atoms with E-state index in [1.807, 2.05) is 6.07 Å². The molecule has 5 rings (SSSR count). The zero-order chi connectivity index (χ0) is 26.4. The molecular formula is C27H32F5N5. The molecule has 1 aromatic carbocycles. The fraction of sp³-hybridized carbons (Fsp3) is 0.519. The number of hydrogen-bond acceptors (Lipinski definition) is 4. The van der Waals surface area contributed by atoms with Crippen molar-refractivity contribution in [3.05, 3.63) is 59.3 Å². The van der Waals surface area contributed by atoms with Crippen LogP contribution in [-0.2, 0) is 6.42 Å². The highest BCUT2D eigenvalue weighted by Crippen LogP contribution is 2.42. The molecule has 0 bridgehead atoms. The van der Waals surface area contributed by atoms with Crippen LogP contribution < -0.4 is 5.32 Å². The SMILES string of the molecule is C[C@@H]1Cc2c([nH]c3cc(F)ccc23)[C@@H](c2ccc(N[C@@]3(C)CCN(CCCF)C3)cn2)N1CC(F)(F)F. The van der Waals surface area contributed by atoms with Gasteiger partial charge in [-0.3, -0.25) is 14.3 Å². The number of hydrogen-bond donors (Lipinski definition) is 2. The fourth-order valence-electron chi connectivity index (χ4n) is 5.93. The third-order valence-corrected chi connectivity index (χ3v) is 7.61. The summed E-state index contributed by atoms with van der Waals surface area (Å²) in [6.45, 7) is 4.88. The van der Waals surface area contributed by atoms with Crippen molar-refractivity contribution < 1.29 is 22.0 Å². The number of anilines is 1. The quantitative estimate of drug-likeness (QED) is 0.384. The standard InChI is InChI=1S/C27H32F5N5/c1-17-12-21-20-6-4-18(29)13-23(20)34-24(21)25(37(17)16-27(30,31)32)22-7-5-19(14-33-22)35-26(2)8-11-36(15-26)10-3-9-28/h4-7,13-14,17,25,34-35H,3,8-12,15-16H2,1-2H3/t17-,25-,26+/m1/s1. The Kier molecular flexibility index (Phi) is 6.91. The minimum absolute atomic E-state index is 0.199. The van der Waals surface area contributed by atoms with Gasteiger partial charge < -0.3 is 15.2 Å². The molecule has 0 unspecified atom stereocenters. The molecule has 0 saturated carbocycles. The van der Waals surface area contributed by atoms with Gasteiger partial charge in [0.1, 0.15) is 5.82 Å². The predicted octanol–water partition coefficient (Wildman–Crippen LogP) is 5.84. The Bertz CT molecular complexity index is 1240. The zero-order valence-electron chi connectivity index (χ0n) is 21.0. The third kappa shape index (κ3) is 5.45. The first-order valence-electron chi connectivity index (χ1n) is 12.7. The van der Waals surface area contributed by atoms with Crippen molar-refractivity contribution >= 4 is 16.6 Å². The first-order valence-corrected chi connectivity index (χ1v) is 12.7. The highest BCUT2D eigenvalue weighted by atomic mass is 19.4. The van der Waals surface area contributed by atoms with Gasteiger partial charge in [0.2, 0.25) is 0 Å². The monoisotopic (exact) mass is 521 g/mol. The summed E-state index contributed by atoms with van der Waals surface area (Å²) in [6.07, 6.45) is -0.879. The molecular weight excluding hydrogens is 489 g/mol. The number of H-pyrrole nitrogens is 1. The average Bonchev–Trinajstić information content (AvgIpc) is 3.37. The molecule has 0 spiro atoms. The van der Waals surface area contributed by atoms with E-state index in [-0.39, 0.29) is 12.2 Å². The van der Waals surface area contributed by atoms with Crippen LogP contribution in [0.4, 0.5) is 27.6 Å². The number of benzene rings is 1. The molecule has 0 radical (unpaired) electrons. The number of fused-ring (bicyclic) bond motifs is 3. The van der Waals surface area contributed by atoms with Crippen molar-refractivity contribution in [2.75, 3.05) is 38.2 Å². The summed E-state index contributed by atoms with van der Waals surface area (Å²) in [7, 11) is 0. The van der Waals surface area contributed by atoms with Crippen molar-refractivity contribution in [1.82, 2.24) is 19.8 Å². The molecule has 10 heteroatoms. The van der Waals surface area contributed by atoms with Crippen molar-refractivity contribution in [2.24, 2.45) is 0 Å².